The second-order valence-corrected chi connectivity index (χ2v) is 3.82. The average molecular weight is 172 g/mol. The van der Waals surface area contributed by atoms with E-state index < -0.39 is 0 Å². The van der Waals surface area contributed by atoms with Crippen molar-refractivity contribution in [2.75, 3.05) is 0 Å². The number of aryl methyl sites for hydroxylation is 1. The van der Waals surface area contributed by atoms with Crippen LogP contribution in [0.3, 0.4) is 0 Å². The summed E-state index contributed by atoms with van der Waals surface area (Å²) in [5.41, 5.74) is 2.75. The molecule has 2 nitrogen and oxygen atoms in total. The molecule has 0 N–H and O–H groups in total. The van der Waals surface area contributed by atoms with Crippen molar-refractivity contribution in [1.29, 1.82) is 0 Å². The Kier molecular flexibility index (Phi) is 1.29. The summed E-state index contributed by atoms with van der Waals surface area (Å²) >= 11 is 0. The highest BCUT2D eigenvalue weighted by molar-refractivity contribution is 5.83. The first-order chi connectivity index (χ1) is 6.36. The highest BCUT2D eigenvalue weighted by Gasteiger charge is 2.25. The molecule has 0 saturated heterocycles. The molecule has 0 bridgehead atoms. The summed E-state index contributed by atoms with van der Waals surface area (Å²) in [6, 6.07) is 6.51. The predicted octanol–water partition coefficient (Wildman–Crippen LogP) is 2.45. The van der Waals surface area contributed by atoms with E-state index in [0.717, 1.165) is 5.92 Å². The van der Waals surface area contributed by atoms with Gasteiger partial charge < -0.3 is 0 Å². The molecule has 2 heteroatoms. The van der Waals surface area contributed by atoms with Gasteiger partial charge >= 0.3 is 0 Å². The van der Waals surface area contributed by atoms with Gasteiger partial charge in [-0.25, -0.2) is 0 Å². The van der Waals surface area contributed by atoms with Gasteiger partial charge in [0.2, 0.25) is 0 Å². The van der Waals surface area contributed by atoms with Gasteiger partial charge in [0.1, 0.15) is 0 Å². The average Bonchev–Trinajstić information content (AvgIpc) is 2.92. The van der Waals surface area contributed by atoms with Crippen LogP contribution in [0.4, 0.5) is 0 Å². The Morgan fingerprint density at radius 1 is 1.38 bits per heavy atom. The molecule has 0 spiro atoms. The van der Waals surface area contributed by atoms with Crippen LogP contribution in [0.2, 0.25) is 0 Å². The summed E-state index contributed by atoms with van der Waals surface area (Å²) < 4.78 is 1.95. The first-order valence-electron chi connectivity index (χ1n) is 4.77. The summed E-state index contributed by atoms with van der Waals surface area (Å²) in [6.45, 7) is 0. The molecule has 0 atom stereocenters. The van der Waals surface area contributed by atoms with Crippen molar-refractivity contribution in [2.24, 2.45) is 7.05 Å². The summed E-state index contributed by atoms with van der Waals surface area (Å²) in [7, 11) is 2.00. The SMILES string of the molecule is Cn1ncc2c(C3CC3)cccc21. The van der Waals surface area contributed by atoms with Crippen molar-refractivity contribution in [2.45, 2.75) is 18.8 Å². The minimum Gasteiger partial charge on any atom is -0.268 e. The molecular weight excluding hydrogens is 160 g/mol. The zero-order valence-electron chi connectivity index (χ0n) is 7.70. The van der Waals surface area contributed by atoms with E-state index in [1.54, 1.807) is 0 Å². The number of hydrogen-bond donors (Lipinski definition) is 0. The van der Waals surface area contributed by atoms with Crippen LogP contribution in [0.5, 0.6) is 0 Å². The minimum atomic E-state index is 0.813. The van der Waals surface area contributed by atoms with E-state index in [-0.39, 0.29) is 0 Å². The van der Waals surface area contributed by atoms with E-state index in [4.69, 9.17) is 0 Å². The van der Waals surface area contributed by atoms with Crippen LogP contribution in [0, 0.1) is 0 Å². The number of aromatic nitrogens is 2. The molecule has 0 amide bonds. The monoisotopic (exact) mass is 172 g/mol. The minimum absolute atomic E-state index is 0.813. The van der Waals surface area contributed by atoms with E-state index >= 15 is 0 Å². The second kappa shape index (κ2) is 2.34. The smallest absolute Gasteiger partial charge is 0.0681 e. The molecule has 1 aromatic carbocycles. The van der Waals surface area contributed by atoms with E-state index in [2.05, 4.69) is 23.3 Å². The quantitative estimate of drug-likeness (QED) is 0.646. The zero-order chi connectivity index (χ0) is 8.84. The van der Waals surface area contributed by atoms with Gasteiger partial charge in [0.25, 0.3) is 0 Å². The van der Waals surface area contributed by atoms with Crippen LogP contribution < -0.4 is 0 Å². The van der Waals surface area contributed by atoms with Gasteiger partial charge in [-0.15, -0.1) is 0 Å². The van der Waals surface area contributed by atoms with Gasteiger partial charge in [-0.3, -0.25) is 4.68 Å². The molecule has 3 rings (SSSR count). The Balaban J connectivity index is 2.33. The maximum absolute atomic E-state index is 4.28. The van der Waals surface area contributed by atoms with Gasteiger partial charge in [0, 0.05) is 12.4 Å². The van der Waals surface area contributed by atoms with Crippen LogP contribution in [-0.4, -0.2) is 9.78 Å². The van der Waals surface area contributed by atoms with Crippen molar-refractivity contribution in [3.05, 3.63) is 30.0 Å². The first-order valence-corrected chi connectivity index (χ1v) is 4.77. The largest absolute Gasteiger partial charge is 0.268 e. The van der Waals surface area contributed by atoms with Crippen LogP contribution >= 0.6 is 0 Å². The van der Waals surface area contributed by atoms with Crippen LogP contribution in [0.1, 0.15) is 24.3 Å². The molecule has 1 heterocycles. The number of fused-ring (bicyclic) bond motifs is 1. The Hall–Kier alpha value is -1.31. The molecule has 66 valence electrons. The fourth-order valence-corrected chi connectivity index (χ4v) is 1.95. The maximum atomic E-state index is 4.28. The summed E-state index contributed by atoms with van der Waals surface area (Å²) in [5, 5.41) is 5.62. The molecular formula is C11H12N2. The van der Waals surface area contributed by atoms with Crippen LogP contribution in [-0.2, 0) is 7.05 Å². The van der Waals surface area contributed by atoms with Gasteiger partial charge in [0.05, 0.1) is 11.7 Å². The fourth-order valence-electron chi connectivity index (χ4n) is 1.95. The Labute approximate surface area is 77.2 Å². The second-order valence-electron chi connectivity index (χ2n) is 3.82. The highest BCUT2D eigenvalue weighted by Crippen LogP contribution is 2.42. The van der Waals surface area contributed by atoms with E-state index in [9.17, 15) is 0 Å². The lowest BCUT2D eigenvalue weighted by Gasteiger charge is -1.99. The number of benzene rings is 1. The lowest BCUT2D eigenvalue weighted by atomic mass is 10.1. The maximum Gasteiger partial charge on any atom is 0.0681 e. The molecule has 2 aromatic rings. The normalized spacial score (nSPS) is 16.7. The molecule has 1 fully saturated rings. The predicted molar refractivity (Wildman–Crippen MR) is 52.7 cm³/mol. The highest BCUT2D eigenvalue weighted by atomic mass is 15.2. The summed E-state index contributed by atoms with van der Waals surface area (Å²) in [4.78, 5) is 0. The Bertz CT molecular complexity index is 452. The van der Waals surface area contributed by atoms with Crippen molar-refractivity contribution in [3.8, 4) is 0 Å². The molecule has 0 aliphatic heterocycles. The molecule has 0 radical (unpaired) electrons. The van der Waals surface area contributed by atoms with Crippen molar-refractivity contribution in [1.82, 2.24) is 9.78 Å². The lowest BCUT2D eigenvalue weighted by Crippen LogP contribution is -1.88. The molecule has 0 unspecified atom stereocenters. The third-order valence-electron chi connectivity index (χ3n) is 2.84. The number of nitrogens with zero attached hydrogens (tertiary/aromatic N) is 2. The topological polar surface area (TPSA) is 17.8 Å². The first kappa shape index (κ1) is 7.13. The Morgan fingerprint density at radius 3 is 3.00 bits per heavy atom. The molecule has 1 aromatic heterocycles. The van der Waals surface area contributed by atoms with Gasteiger partial charge in [-0.2, -0.15) is 5.10 Å². The number of rotatable bonds is 1. The van der Waals surface area contributed by atoms with Gasteiger partial charge in [-0.1, -0.05) is 12.1 Å². The van der Waals surface area contributed by atoms with Crippen molar-refractivity contribution < 1.29 is 0 Å². The fraction of sp³-hybridized carbons (Fsp3) is 0.364. The van der Waals surface area contributed by atoms with Gasteiger partial charge in [0.15, 0.2) is 0 Å². The van der Waals surface area contributed by atoms with Crippen molar-refractivity contribution in [3.63, 3.8) is 0 Å². The molecule has 1 saturated carbocycles. The molecule has 1 aliphatic rings. The third kappa shape index (κ3) is 0.981. The lowest BCUT2D eigenvalue weighted by molar-refractivity contribution is 0.797. The van der Waals surface area contributed by atoms with Crippen LogP contribution in [0.15, 0.2) is 24.4 Å². The number of hydrogen-bond acceptors (Lipinski definition) is 1. The van der Waals surface area contributed by atoms with E-state index in [0.29, 0.717) is 0 Å². The Morgan fingerprint density at radius 2 is 2.23 bits per heavy atom. The summed E-state index contributed by atoms with van der Waals surface area (Å²) in [6.07, 6.45) is 4.70. The third-order valence-corrected chi connectivity index (χ3v) is 2.84. The van der Waals surface area contributed by atoms with Crippen molar-refractivity contribution >= 4 is 10.9 Å². The van der Waals surface area contributed by atoms with E-state index in [1.807, 2.05) is 17.9 Å². The van der Waals surface area contributed by atoms with Crippen LogP contribution in [0.25, 0.3) is 10.9 Å². The van der Waals surface area contributed by atoms with E-state index in [1.165, 1.54) is 29.3 Å². The zero-order valence-corrected chi connectivity index (χ0v) is 7.70. The summed E-state index contributed by atoms with van der Waals surface area (Å²) in [5.74, 6) is 0.813. The van der Waals surface area contributed by atoms with Gasteiger partial charge in [-0.05, 0) is 30.4 Å². The standard InChI is InChI=1S/C11H12N2/c1-13-11-4-2-3-9(8-5-6-8)10(11)7-12-13/h2-4,7-8H,5-6H2,1H3. The molecule has 13 heavy (non-hydrogen) atoms. The molecule has 1 aliphatic carbocycles.